The number of ether oxygens (including phenoxy) is 1. The van der Waals surface area contributed by atoms with Crippen LogP contribution < -0.4 is 16.0 Å². The molecule has 2 aliphatic heterocycles. The molecule has 2 atom stereocenters. The summed E-state index contributed by atoms with van der Waals surface area (Å²) in [4.78, 5) is 48.4. The number of anilines is 2. The first-order valence-corrected chi connectivity index (χ1v) is 13.4. The van der Waals surface area contributed by atoms with Gasteiger partial charge in [0.05, 0.1) is 11.6 Å². The van der Waals surface area contributed by atoms with Crippen molar-refractivity contribution in [2.24, 2.45) is 0 Å². The molecule has 2 saturated heterocycles. The maximum Gasteiger partial charge on any atom is 0.410 e. The maximum atomic E-state index is 13.0. The molecule has 0 radical (unpaired) electrons. The van der Waals surface area contributed by atoms with Crippen molar-refractivity contribution in [1.29, 1.82) is 0 Å². The van der Waals surface area contributed by atoms with Gasteiger partial charge in [-0.05, 0) is 95.0 Å². The van der Waals surface area contributed by atoms with E-state index < -0.39 is 17.7 Å². The Bertz CT molecular complexity index is 1380. The first kappa shape index (κ1) is 26.6. The van der Waals surface area contributed by atoms with Crippen molar-refractivity contribution in [3.63, 3.8) is 0 Å². The van der Waals surface area contributed by atoms with E-state index in [0.29, 0.717) is 24.6 Å². The predicted octanol–water partition coefficient (Wildman–Crippen LogP) is 4.33. The van der Waals surface area contributed by atoms with Gasteiger partial charge in [0.2, 0.25) is 11.8 Å². The standard InChI is InChI=1S/C29H34N6O4/c1-29(2,3)39-28(38)35-15-5-7-23(35)27(37)34-25-13-9-19-16-18(8-11-21(19)32-25)20-10-12-24(31-17-20)33-26(36)22-6-4-14-30-22/h8-13,16-17,22-23,30H,4-7,14-15H2,1-3H3,(H,31,33,36)(H,32,34,37). The van der Waals surface area contributed by atoms with Gasteiger partial charge in [-0.3, -0.25) is 14.5 Å². The van der Waals surface area contributed by atoms with Crippen molar-refractivity contribution in [3.8, 4) is 11.1 Å². The number of rotatable bonds is 5. The largest absolute Gasteiger partial charge is 0.444 e. The summed E-state index contributed by atoms with van der Waals surface area (Å²) < 4.78 is 5.47. The molecule has 10 heteroatoms. The summed E-state index contributed by atoms with van der Waals surface area (Å²) in [6, 6.07) is 12.5. The SMILES string of the molecule is CC(C)(C)OC(=O)N1CCCC1C(=O)Nc1ccc2cc(-c3ccc(NC(=O)C4CCCN4)nc3)ccc2n1. The zero-order chi connectivity index (χ0) is 27.6. The van der Waals surface area contributed by atoms with Gasteiger partial charge in [0.1, 0.15) is 23.3 Å². The van der Waals surface area contributed by atoms with Crippen molar-refractivity contribution in [2.45, 2.75) is 64.1 Å². The molecule has 10 nitrogen and oxygen atoms in total. The van der Waals surface area contributed by atoms with E-state index >= 15 is 0 Å². The van der Waals surface area contributed by atoms with Crippen molar-refractivity contribution in [3.05, 3.63) is 48.7 Å². The fourth-order valence-corrected chi connectivity index (χ4v) is 4.92. The summed E-state index contributed by atoms with van der Waals surface area (Å²) >= 11 is 0. The van der Waals surface area contributed by atoms with E-state index in [2.05, 4.69) is 25.9 Å². The molecule has 0 bridgehead atoms. The molecule has 0 saturated carbocycles. The lowest BCUT2D eigenvalue weighted by Crippen LogP contribution is -2.45. The smallest absolute Gasteiger partial charge is 0.410 e. The maximum absolute atomic E-state index is 13.0. The molecule has 2 aromatic heterocycles. The van der Waals surface area contributed by atoms with E-state index in [4.69, 9.17) is 4.74 Å². The Morgan fingerprint density at radius 2 is 1.72 bits per heavy atom. The molecule has 1 aromatic carbocycles. The molecule has 3 aromatic rings. The average Bonchev–Trinajstić information content (AvgIpc) is 3.61. The van der Waals surface area contributed by atoms with Crippen molar-refractivity contribution in [2.75, 3.05) is 23.7 Å². The van der Waals surface area contributed by atoms with E-state index in [1.807, 2.05) is 30.3 Å². The summed E-state index contributed by atoms with van der Waals surface area (Å²) in [5, 5.41) is 9.82. The van der Waals surface area contributed by atoms with Crippen molar-refractivity contribution < 1.29 is 19.1 Å². The lowest BCUT2D eigenvalue weighted by molar-refractivity contribution is -0.120. The van der Waals surface area contributed by atoms with Gasteiger partial charge in [-0.15, -0.1) is 0 Å². The molecule has 204 valence electrons. The van der Waals surface area contributed by atoms with Crippen molar-refractivity contribution >= 4 is 40.4 Å². The number of likely N-dealkylation sites (tertiary alicyclic amines) is 1. The lowest BCUT2D eigenvalue weighted by Gasteiger charge is -2.27. The van der Waals surface area contributed by atoms with Gasteiger partial charge in [-0.1, -0.05) is 6.07 Å². The van der Waals surface area contributed by atoms with Crippen LogP contribution in [0.25, 0.3) is 22.0 Å². The molecule has 0 spiro atoms. The van der Waals surface area contributed by atoms with Crippen LogP contribution in [0.3, 0.4) is 0 Å². The minimum Gasteiger partial charge on any atom is -0.444 e. The third-order valence-corrected chi connectivity index (χ3v) is 6.85. The summed E-state index contributed by atoms with van der Waals surface area (Å²) in [5.41, 5.74) is 1.98. The normalized spacial score (nSPS) is 19.2. The number of carbonyl (C=O) groups is 3. The molecular weight excluding hydrogens is 496 g/mol. The highest BCUT2D eigenvalue weighted by atomic mass is 16.6. The zero-order valence-electron chi connectivity index (χ0n) is 22.5. The quantitative estimate of drug-likeness (QED) is 0.448. The molecule has 2 unspecified atom stereocenters. The fraction of sp³-hybridized carbons (Fsp3) is 0.414. The van der Waals surface area contributed by atoms with Crippen molar-refractivity contribution in [1.82, 2.24) is 20.2 Å². The Kier molecular flexibility index (Phi) is 7.47. The monoisotopic (exact) mass is 530 g/mol. The van der Waals surface area contributed by atoms with Crippen LogP contribution in [0.15, 0.2) is 48.7 Å². The summed E-state index contributed by atoms with van der Waals surface area (Å²) in [5.74, 6) is 0.615. The lowest BCUT2D eigenvalue weighted by atomic mass is 10.0. The van der Waals surface area contributed by atoms with Crippen LogP contribution in [0.5, 0.6) is 0 Å². The van der Waals surface area contributed by atoms with Crippen LogP contribution >= 0.6 is 0 Å². The van der Waals surface area contributed by atoms with Crippen LogP contribution in [-0.4, -0.2) is 63.5 Å². The second kappa shape index (κ2) is 11.0. The number of amides is 3. The Morgan fingerprint density at radius 1 is 0.949 bits per heavy atom. The molecule has 0 aliphatic carbocycles. The second-order valence-corrected chi connectivity index (χ2v) is 11.0. The predicted molar refractivity (Wildman–Crippen MR) is 149 cm³/mol. The number of nitrogens with zero attached hydrogens (tertiary/aromatic N) is 3. The van der Waals surface area contributed by atoms with Gasteiger partial charge in [0, 0.05) is 23.7 Å². The second-order valence-electron chi connectivity index (χ2n) is 11.0. The molecular formula is C29H34N6O4. The number of carbonyl (C=O) groups excluding carboxylic acids is 3. The summed E-state index contributed by atoms with van der Waals surface area (Å²) in [6.07, 6.45) is 4.42. The molecule has 39 heavy (non-hydrogen) atoms. The highest BCUT2D eigenvalue weighted by molar-refractivity contribution is 5.97. The number of fused-ring (bicyclic) bond motifs is 1. The van der Waals surface area contributed by atoms with E-state index in [9.17, 15) is 14.4 Å². The molecule has 2 fully saturated rings. The van der Waals surface area contributed by atoms with E-state index in [0.717, 1.165) is 47.8 Å². The molecule has 3 amide bonds. The molecule has 3 N–H and O–H groups in total. The Hall–Kier alpha value is -4.05. The minimum absolute atomic E-state index is 0.0575. The summed E-state index contributed by atoms with van der Waals surface area (Å²) in [7, 11) is 0. The number of aromatic nitrogens is 2. The molecule has 2 aliphatic rings. The van der Waals surface area contributed by atoms with E-state index in [1.165, 1.54) is 4.90 Å². The van der Waals surface area contributed by atoms with E-state index in [1.54, 1.807) is 39.1 Å². The highest BCUT2D eigenvalue weighted by Crippen LogP contribution is 2.26. The molecule has 5 rings (SSSR count). The molecule has 4 heterocycles. The summed E-state index contributed by atoms with van der Waals surface area (Å²) in [6.45, 7) is 6.77. The third kappa shape index (κ3) is 6.34. The van der Waals surface area contributed by atoms with Crippen LogP contribution in [0.1, 0.15) is 46.5 Å². The number of hydrogen-bond acceptors (Lipinski definition) is 7. The number of benzene rings is 1. The van der Waals surface area contributed by atoms with Gasteiger partial charge in [-0.2, -0.15) is 0 Å². The highest BCUT2D eigenvalue weighted by Gasteiger charge is 2.36. The van der Waals surface area contributed by atoms with Crippen LogP contribution in [0, 0.1) is 0 Å². The van der Waals surface area contributed by atoms with Crippen LogP contribution in [0.4, 0.5) is 16.4 Å². The van der Waals surface area contributed by atoms with Gasteiger partial charge >= 0.3 is 6.09 Å². The third-order valence-electron chi connectivity index (χ3n) is 6.85. The van der Waals surface area contributed by atoms with Gasteiger partial charge in [0.25, 0.3) is 0 Å². The Labute approximate surface area is 227 Å². The van der Waals surface area contributed by atoms with Gasteiger partial charge in [0.15, 0.2) is 0 Å². The fourth-order valence-electron chi connectivity index (χ4n) is 4.92. The number of pyridine rings is 2. The van der Waals surface area contributed by atoms with Gasteiger partial charge in [-0.25, -0.2) is 14.8 Å². The van der Waals surface area contributed by atoms with E-state index in [-0.39, 0.29) is 17.9 Å². The average molecular weight is 531 g/mol. The Balaban J connectivity index is 1.24. The first-order valence-electron chi connectivity index (χ1n) is 13.4. The minimum atomic E-state index is -0.625. The van der Waals surface area contributed by atoms with Gasteiger partial charge < -0.3 is 20.7 Å². The topological polar surface area (TPSA) is 126 Å². The van der Waals surface area contributed by atoms with Crippen LogP contribution in [-0.2, 0) is 14.3 Å². The van der Waals surface area contributed by atoms with Crippen LogP contribution in [0.2, 0.25) is 0 Å². The first-order chi connectivity index (χ1) is 18.7. The Morgan fingerprint density at radius 3 is 2.44 bits per heavy atom. The number of nitrogens with one attached hydrogen (secondary N) is 3. The number of hydrogen-bond donors (Lipinski definition) is 3. The zero-order valence-corrected chi connectivity index (χ0v) is 22.5.